The number of carbonyl (C=O) groups is 1. The molecule has 3 nitrogen and oxygen atoms in total. The van der Waals surface area contributed by atoms with Crippen molar-refractivity contribution in [3.05, 3.63) is 34.2 Å². The first-order chi connectivity index (χ1) is 7.13. The third kappa shape index (κ3) is 1.62. The molecule has 1 heterocycles. The van der Waals surface area contributed by atoms with Crippen LogP contribution >= 0.6 is 11.3 Å². The van der Waals surface area contributed by atoms with E-state index in [1.54, 1.807) is 6.07 Å². The molecule has 0 aliphatic heterocycles. The van der Waals surface area contributed by atoms with Crippen molar-refractivity contribution in [2.24, 2.45) is 5.73 Å². The number of carboxylic acid groups (broad SMARTS) is 1. The Bertz CT molecular complexity index is 531. The fraction of sp³-hybridized carbons (Fsp3) is 0.182. The Morgan fingerprint density at radius 1 is 1.53 bits per heavy atom. The van der Waals surface area contributed by atoms with Crippen molar-refractivity contribution in [1.29, 1.82) is 0 Å². The molecule has 0 fully saturated rings. The van der Waals surface area contributed by atoms with Gasteiger partial charge in [-0.3, -0.25) is 0 Å². The highest BCUT2D eigenvalue weighted by molar-refractivity contribution is 7.20. The molecule has 0 amide bonds. The molecule has 2 rings (SSSR count). The maximum absolute atomic E-state index is 10.8. The number of thiophene rings is 1. The van der Waals surface area contributed by atoms with Crippen molar-refractivity contribution in [2.75, 3.05) is 0 Å². The summed E-state index contributed by atoms with van der Waals surface area (Å²) >= 11 is 1.30. The molecule has 0 saturated carbocycles. The molecule has 1 aromatic carbocycles. The molecule has 0 atom stereocenters. The summed E-state index contributed by atoms with van der Waals surface area (Å²) in [4.78, 5) is 11.2. The number of aromatic carboxylic acids is 1. The van der Waals surface area contributed by atoms with Crippen LogP contribution in [0.4, 0.5) is 0 Å². The van der Waals surface area contributed by atoms with Crippen molar-refractivity contribution in [3.8, 4) is 0 Å². The zero-order valence-electron chi connectivity index (χ0n) is 8.28. The number of rotatable bonds is 2. The fourth-order valence-corrected chi connectivity index (χ4v) is 2.58. The Labute approximate surface area is 91.1 Å². The van der Waals surface area contributed by atoms with Gasteiger partial charge in [0.1, 0.15) is 4.88 Å². The molecule has 0 aliphatic carbocycles. The van der Waals surface area contributed by atoms with Crippen molar-refractivity contribution in [1.82, 2.24) is 0 Å². The summed E-state index contributed by atoms with van der Waals surface area (Å²) in [5, 5.41) is 9.89. The predicted molar refractivity (Wildman–Crippen MR) is 61.4 cm³/mol. The van der Waals surface area contributed by atoms with E-state index in [0.29, 0.717) is 11.4 Å². The van der Waals surface area contributed by atoms with Crippen LogP contribution in [0, 0.1) is 6.92 Å². The number of aryl methyl sites for hydroxylation is 1. The van der Waals surface area contributed by atoms with Gasteiger partial charge in [0.2, 0.25) is 0 Å². The summed E-state index contributed by atoms with van der Waals surface area (Å²) in [6.07, 6.45) is 0. The van der Waals surface area contributed by atoms with Gasteiger partial charge in [-0.2, -0.15) is 0 Å². The molecule has 0 radical (unpaired) electrons. The maximum atomic E-state index is 10.8. The Morgan fingerprint density at radius 2 is 2.27 bits per heavy atom. The summed E-state index contributed by atoms with van der Waals surface area (Å²) in [5.74, 6) is -0.870. The normalized spacial score (nSPS) is 10.8. The zero-order chi connectivity index (χ0) is 11.0. The van der Waals surface area contributed by atoms with Crippen molar-refractivity contribution < 1.29 is 9.90 Å². The lowest BCUT2D eigenvalue weighted by Gasteiger charge is -2.02. The van der Waals surface area contributed by atoms with Crippen LogP contribution in [-0.2, 0) is 6.54 Å². The summed E-state index contributed by atoms with van der Waals surface area (Å²) in [6, 6.07) is 5.61. The molecule has 0 unspecified atom stereocenters. The highest BCUT2D eigenvalue weighted by Crippen LogP contribution is 2.29. The minimum Gasteiger partial charge on any atom is -0.477 e. The van der Waals surface area contributed by atoms with Crippen LogP contribution in [-0.4, -0.2) is 11.1 Å². The number of hydrogen-bond acceptors (Lipinski definition) is 3. The van der Waals surface area contributed by atoms with Gasteiger partial charge in [0.05, 0.1) is 0 Å². The Morgan fingerprint density at radius 3 is 2.87 bits per heavy atom. The highest BCUT2D eigenvalue weighted by atomic mass is 32.1. The van der Waals surface area contributed by atoms with Crippen LogP contribution in [0.25, 0.3) is 10.1 Å². The van der Waals surface area contributed by atoms with E-state index in [2.05, 4.69) is 0 Å². The number of nitrogens with two attached hydrogens (primary N) is 1. The van der Waals surface area contributed by atoms with Gasteiger partial charge >= 0.3 is 5.97 Å². The average molecular weight is 221 g/mol. The van der Waals surface area contributed by atoms with E-state index < -0.39 is 5.97 Å². The molecular formula is C11H11NO2S. The molecule has 0 aliphatic rings. The minimum absolute atomic E-state index is 0.377. The Balaban J connectivity index is 2.71. The monoisotopic (exact) mass is 221 g/mol. The topological polar surface area (TPSA) is 63.3 Å². The predicted octanol–water partition coefficient (Wildman–Crippen LogP) is 2.37. The van der Waals surface area contributed by atoms with E-state index in [9.17, 15) is 4.79 Å². The molecule has 0 bridgehead atoms. The molecule has 2 aromatic rings. The van der Waals surface area contributed by atoms with E-state index >= 15 is 0 Å². The molecule has 0 spiro atoms. The Hall–Kier alpha value is -1.39. The summed E-state index contributed by atoms with van der Waals surface area (Å²) in [7, 11) is 0. The summed E-state index contributed by atoms with van der Waals surface area (Å²) in [6.45, 7) is 2.46. The lowest BCUT2D eigenvalue weighted by atomic mass is 10.1. The van der Waals surface area contributed by atoms with E-state index in [1.165, 1.54) is 11.3 Å². The molecule has 0 saturated heterocycles. The van der Waals surface area contributed by atoms with Crippen LogP contribution in [0.1, 0.15) is 20.8 Å². The number of carboxylic acids is 1. The smallest absolute Gasteiger partial charge is 0.345 e. The molecule has 3 N–H and O–H groups in total. The van der Waals surface area contributed by atoms with E-state index in [4.69, 9.17) is 10.8 Å². The molecule has 15 heavy (non-hydrogen) atoms. The second-order valence-electron chi connectivity index (χ2n) is 3.38. The fourth-order valence-electron chi connectivity index (χ4n) is 1.62. The molecular weight excluding hydrogens is 210 g/mol. The van der Waals surface area contributed by atoms with Gasteiger partial charge in [0.15, 0.2) is 0 Å². The van der Waals surface area contributed by atoms with Crippen LogP contribution in [0.5, 0.6) is 0 Å². The van der Waals surface area contributed by atoms with E-state index in [1.807, 2.05) is 19.1 Å². The summed E-state index contributed by atoms with van der Waals surface area (Å²) in [5.41, 5.74) is 7.74. The molecule has 4 heteroatoms. The molecule has 78 valence electrons. The third-order valence-corrected chi connectivity index (χ3v) is 3.60. The minimum atomic E-state index is -0.870. The SMILES string of the molecule is Cc1c(CN)ccc2sc(C(=O)O)cc12. The van der Waals surface area contributed by atoms with Gasteiger partial charge < -0.3 is 10.8 Å². The highest BCUT2D eigenvalue weighted by Gasteiger charge is 2.10. The van der Waals surface area contributed by atoms with Crippen LogP contribution in [0.15, 0.2) is 18.2 Å². The second-order valence-corrected chi connectivity index (χ2v) is 4.47. The first kappa shape index (κ1) is 10.1. The van der Waals surface area contributed by atoms with Crippen molar-refractivity contribution >= 4 is 27.4 Å². The number of hydrogen-bond donors (Lipinski definition) is 2. The van der Waals surface area contributed by atoms with Crippen LogP contribution in [0.2, 0.25) is 0 Å². The van der Waals surface area contributed by atoms with Crippen molar-refractivity contribution in [2.45, 2.75) is 13.5 Å². The van der Waals surface area contributed by atoms with Gasteiger partial charge in [0, 0.05) is 11.2 Å². The van der Waals surface area contributed by atoms with Gasteiger partial charge in [-0.25, -0.2) is 4.79 Å². The summed E-state index contributed by atoms with van der Waals surface area (Å²) < 4.78 is 1.00. The first-order valence-corrected chi connectivity index (χ1v) is 5.40. The van der Waals surface area contributed by atoms with Gasteiger partial charge in [-0.1, -0.05) is 6.07 Å². The zero-order valence-corrected chi connectivity index (χ0v) is 9.10. The largest absolute Gasteiger partial charge is 0.477 e. The quantitative estimate of drug-likeness (QED) is 0.818. The van der Waals surface area contributed by atoms with E-state index in [0.717, 1.165) is 21.2 Å². The van der Waals surface area contributed by atoms with Crippen LogP contribution in [0.3, 0.4) is 0 Å². The molecule has 1 aromatic heterocycles. The van der Waals surface area contributed by atoms with Crippen molar-refractivity contribution in [3.63, 3.8) is 0 Å². The number of benzene rings is 1. The average Bonchev–Trinajstić information content (AvgIpc) is 2.63. The maximum Gasteiger partial charge on any atom is 0.345 e. The van der Waals surface area contributed by atoms with Crippen LogP contribution < -0.4 is 5.73 Å². The number of fused-ring (bicyclic) bond motifs is 1. The third-order valence-electron chi connectivity index (χ3n) is 2.51. The van der Waals surface area contributed by atoms with Gasteiger partial charge in [-0.05, 0) is 35.6 Å². The van der Waals surface area contributed by atoms with Gasteiger partial charge in [0.25, 0.3) is 0 Å². The Kier molecular flexibility index (Phi) is 2.46. The van der Waals surface area contributed by atoms with E-state index in [-0.39, 0.29) is 0 Å². The lowest BCUT2D eigenvalue weighted by Crippen LogP contribution is -1.98. The van der Waals surface area contributed by atoms with Gasteiger partial charge in [-0.15, -0.1) is 11.3 Å². The lowest BCUT2D eigenvalue weighted by molar-refractivity contribution is 0.0702. The second kappa shape index (κ2) is 3.64. The first-order valence-electron chi connectivity index (χ1n) is 4.59. The standard InChI is InChI=1S/C11H11NO2S/c1-6-7(5-12)2-3-9-8(6)4-10(15-9)11(13)14/h2-4H,5,12H2,1H3,(H,13,14).